The molecule has 0 bridgehead atoms. The predicted molar refractivity (Wildman–Crippen MR) is 134 cm³/mol. The van der Waals surface area contributed by atoms with Crippen molar-refractivity contribution >= 4 is 65.3 Å². The minimum atomic E-state index is -3.84. The molecular weight excluding hydrogens is 528 g/mol. The lowest BCUT2D eigenvalue weighted by Gasteiger charge is -2.14. The van der Waals surface area contributed by atoms with Gasteiger partial charge in [-0.3, -0.25) is 9.36 Å². The number of benzene rings is 3. The summed E-state index contributed by atoms with van der Waals surface area (Å²) in [5.41, 5.74) is 8.18. The predicted octanol–water partition coefficient (Wildman–Crippen LogP) is 4.88. The van der Waals surface area contributed by atoms with Crippen LogP contribution < -0.4 is 11.3 Å². The highest BCUT2D eigenvalue weighted by Gasteiger charge is 2.21. The highest BCUT2D eigenvalue weighted by molar-refractivity contribution is 9.10. The van der Waals surface area contributed by atoms with Crippen molar-refractivity contribution in [1.29, 1.82) is 0 Å². The summed E-state index contributed by atoms with van der Waals surface area (Å²) in [5.74, 6) is -0.190. The van der Waals surface area contributed by atoms with Crippen LogP contribution >= 0.6 is 27.5 Å². The normalized spacial score (nSPS) is 12.0. The lowest BCUT2D eigenvalue weighted by Crippen LogP contribution is -2.23. The molecule has 0 amide bonds. The second-order valence-electron chi connectivity index (χ2n) is 7.53. The van der Waals surface area contributed by atoms with Gasteiger partial charge >= 0.3 is 0 Å². The van der Waals surface area contributed by atoms with E-state index in [-0.39, 0.29) is 10.7 Å². The van der Waals surface area contributed by atoms with Crippen LogP contribution in [0, 0.1) is 6.92 Å². The fraction of sp³-hybridized carbons (Fsp3) is 0.0435. The maximum atomic E-state index is 13.3. The monoisotopic (exact) mass is 542 g/mol. The zero-order valence-electron chi connectivity index (χ0n) is 17.2. The van der Waals surface area contributed by atoms with Crippen LogP contribution in [0.3, 0.4) is 0 Å². The van der Waals surface area contributed by atoms with Gasteiger partial charge < -0.3 is 5.73 Å². The molecule has 0 unspecified atom stereocenters. The Kier molecular flexibility index (Phi) is 5.08. The number of nitrogen functional groups attached to an aromatic ring is 1. The van der Waals surface area contributed by atoms with Gasteiger partial charge in [-0.2, -0.15) is 0 Å². The van der Waals surface area contributed by atoms with E-state index < -0.39 is 15.6 Å². The molecule has 10 heteroatoms. The van der Waals surface area contributed by atoms with Crippen LogP contribution in [-0.4, -0.2) is 21.9 Å². The molecule has 2 aromatic heterocycles. The molecule has 2 N–H and O–H groups in total. The van der Waals surface area contributed by atoms with Gasteiger partial charge in [0.15, 0.2) is 5.82 Å². The van der Waals surface area contributed by atoms with Gasteiger partial charge in [0.1, 0.15) is 0 Å². The van der Waals surface area contributed by atoms with Crippen molar-refractivity contribution in [3.63, 3.8) is 0 Å². The maximum Gasteiger partial charge on any atom is 0.298 e. The summed E-state index contributed by atoms with van der Waals surface area (Å²) in [6, 6.07) is 16.7. The average Bonchev–Trinajstić information content (AvgIpc) is 3.22. The first-order valence-corrected chi connectivity index (χ1v) is 12.4. The van der Waals surface area contributed by atoms with E-state index in [9.17, 15) is 13.2 Å². The number of hydrogen-bond acceptors (Lipinski definition) is 5. The second-order valence-corrected chi connectivity index (χ2v) is 10.6. The Morgan fingerprint density at radius 3 is 2.48 bits per heavy atom. The van der Waals surface area contributed by atoms with Crippen LogP contribution in [0.1, 0.15) is 5.56 Å². The molecular formula is C23H16BrClN4O3S. The lowest BCUT2D eigenvalue weighted by molar-refractivity contribution is 0.589. The average molecular weight is 544 g/mol. The van der Waals surface area contributed by atoms with Crippen molar-refractivity contribution < 1.29 is 8.42 Å². The minimum absolute atomic E-state index is 0.172. The number of aryl methyl sites for hydroxylation is 1. The van der Waals surface area contributed by atoms with Gasteiger partial charge in [-0.05, 0) is 65.3 Å². The summed E-state index contributed by atoms with van der Waals surface area (Å²) in [5, 5.41) is 0.987. The van der Waals surface area contributed by atoms with Crippen molar-refractivity contribution in [3.05, 3.63) is 92.3 Å². The number of halogens is 2. The Labute approximate surface area is 202 Å². The fourth-order valence-corrected chi connectivity index (χ4v) is 5.63. The van der Waals surface area contributed by atoms with Gasteiger partial charge in [-0.25, -0.2) is 17.4 Å². The van der Waals surface area contributed by atoms with Crippen LogP contribution in [0.2, 0.25) is 5.02 Å². The number of nitrogens with zero attached hydrogens (tertiary/aromatic N) is 3. The molecule has 0 atom stereocenters. The molecule has 2 heterocycles. The Morgan fingerprint density at radius 2 is 1.76 bits per heavy atom. The Morgan fingerprint density at radius 1 is 1.03 bits per heavy atom. The molecule has 3 aromatic carbocycles. The summed E-state index contributed by atoms with van der Waals surface area (Å²) in [6.07, 6.45) is 1.48. The van der Waals surface area contributed by atoms with Crippen LogP contribution in [0.4, 0.5) is 5.82 Å². The number of hydrogen-bond donors (Lipinski definition) is 1. The molecule has 0 spiro atoms. The van der Waals surface area contributed by atoms with E-state index in [1.54, 1.807) is 60.7 Å². The highest BCUT2D eigenvalue weighted by Crippen LogP contribution is 2.31. The molecule has 33 heavy (non-hydrogen) atoms. The zero-order chi connectivity index (χ0) is 23.5. The fourth-order valence-electron chi connectivity index (χ4n) is 3.79. The smallest absolute Gasteiger partial charge is 0.298 e. The Bertz CT molecular complexity index is 1740. The van der Waals surface area contributed by atoms with Crippen molar-refractivity contribution in [1.82, 2.24) is 13.5 Å². The van der Waals surface area contributed by atoms with Gasteiger partial charge in [0.05, 0.1) is 32.2 Å². The van der Waals surface area contributed by atoms with Crippen LogP contribution in [0.25, 0.3) is 27.6 Å². The minimum Gasteiger partial charge on any atom is -0.379 e. The number of fused-ring (bicyclic) bond motifs is 2. The van der Waals surface area contributed by atoms with Crippen molar-refractivity contribution in [3.8, 4) is 5.69 Å². The van der Waals surface area contributed by atoms with Crippen molar-refractivity contribution in [2.45, 2.75) is 11.8 Å². The summed E-state index contributed by atoms with van der Waals surface area (Å²) in [7, 11) is -3.84. The number of aromatic nitrogens is 3. The summed E-state index contributed by atoms with van der Waals surface area (Å²) in [4.78, 5) is 17.4. The number of rotatable bonds is 3. The molecule has 0 aliphatic rings. The first-order valence-electron chi connectivity index (χ1n) is 9.78. The Balaban J connectivity index is 1.81. The number of nitrogens with two attached hydrogens (primary N) is 1. The molecule has 0 aliphatic heterocycles. The molecule has 166 valence electrons. The molecule has 0 saturated heterocycles. The van der Waals surface area contributed by atoms with Gasteiger partial charge in [-0.1, -0.05) is 35.4 Å². The second kappa shape index (κ2) is 7.72. The third kappa shape index (κ3) is 3.43. The van der Waals surface area contributed by atoms with Crippen molar-refractivity contribution in [2.75, 3.05) is 5.73 Å². The molecule has 7 nitrogen and oxygen atoms in total. The summed E-state index contributed by atoms with van der Waals surface area (Å²) in [6.45, 7) is 1.89. The van der Waals surface area contributed by atoms with E-state index in [1.165, 1.54) is 14.7 Å². The molecule has 0 aliphatic carbocycles. The molecule has 0 saturated carbocycles. The van der Waals surface area contributed by atoms with E-state index in [1.807, 2.05) is 6.92 Å². The third-order valence-electron chi connectivity index (χ3n) is 5.41. The van der Waals surface area contributed by atoms with E-state index in [4.69, 9.17) is 17.3 Å². The van der Waals surface area contributed by atoms with E-state index in [0.29, 0.717) is 37.1 Å². The standard InChI is InChI=1S/C23H16BrClN4O3S/c1-13-5-7-14(8-6-13)33(31,32)28-10-9-15-19(28)3-2-4-20(15)29-21-11-16(24)17(25)12-18(21)27-22(26)23(29)30/h2-12H,1H3,(H2,26,27). The Hall–Kier alpha value is -3.14. The third-order valence-corrected chi connectivity index (χ3v) is 8.32. The van der Waals surface area contributed by atoms with E-state index in [0.717, 1.165) is 5.56 Å². The number of anilines is 1. The van der Waals surface area contributed by atoms with Crippen LogP contribution in [0.5, 0.6) is 0 Å². The van der Waals surface area contributed by atoms with Crippen LogP contribution in [-0.2, 0) is 10.0 Å². The van der Waals surface area contributed by atoms with Gasteiger partial charge in [0, 0.05) is 16.1 Å². The highest BCUT2D eigenvalue weighted by atomic mass is 79.9. The molecule has 5 aromatic rings. The first kappa shape index (κ1) is 21.7. The van der Waals surface area contributed by atoms with E-state index >= 15 is 0 Å². The van der Waals surface area contributed by atoms with Crippen molar-refractivity contribution in [2.24, 2.45) is 0 Å². The SMILES string of the molecule is Cc1ccc(S(=O)(=O)n2ccc3c(-n4c(=O)c(N)nc5cc(Cl)c(Br)cc54)cccc32)cc1. The first-order chi connectivity index (χ1) is 15.7. The molecule has 5 rings (SSSR count). The van der Waals surface area contributed by atoms with E-state index in [2.05, 4.69) is 20.9 Å². The van der Waals surface area contributed by atoms with Gasteiger partial charge in [-0.15, -0.1) is 0 Å². The summed E-state index contributed by atoms with van der Waals surface area (Å²) >= 11 is 9.60. The molecule has 0 fully saturated rings. The maximum absolute atomic E-state index is 13.3. The quantitative estimate of drug-likeness (QED) is 0.349. The zero-order valence-corrected chi connectivity index (χ0v) is 20.3. The topological polar surface area (TPSA) is 100.0 Å². The van der Waals surface area contributed by atoms with Crippen LogP contribution in [0.15, 0.2) is 81.0 Å². The van der Waals surface area contributed by atoms with Gasteiger partial charge in [0.25, 0.3) is 15.6 Å². The van der Waals surface area contributed by atoms with Gasteiger partial charge in [0.2, 0.25) is 0 Å². The lowest BCUT2D eigenvalue weighted by atomic mass is 10.2. The molecule has 0 radical (unpaired) electrons. The summed E-state index contributed by atoms with van der Waals surface area (Å²) < 4.78 is 29.9. The largest absolute Gasteiger partial charge is 0.379 e.